The molecular formula is C17H23BrN2O2. The standard InChI is InChI=1S/C17H23BrN2O2/c18-14-9-13(1-6-20-7-4-19-5-8-20)10-15-16(14)22-12-17(2-3-17)11-21-15/h9-10,19H,1-8,11-12H2. The molecule has 4 rings (SSSR count). The maximum atomic E-state index is 6.06. The van der Waals surface area contributed by atoms with Crippen molar-refractivity contribution in [1.82, 2.24) is 10.2 Å². The van der Waals surface area contributed by atoms with E-state index < -0.39 is 0 Å². The van der Waals surface area contributed by atoms with Crippen LogP contribution in [0.4, 0.5) is 0 Å². The first-order valence-corrected chi connectivity index (χ1v) is 9.05. The summed E-state index contributed by atoms with van der Waals surface area (Å²) in [6.07, 6.45) is 3.52. The zero-order valence-electron chi connectivity index (χ0n) is 12.9. The van der Waals surface area contributed by atoms with Gasteiger partial charge in [-0.05, 0) is 52.9 Å². The molecule has 0 aromatic heterocycles. The van der Waals surface area contributed by atoms with E-state index in [2.05, 4.69) is 38.3 Å². The van der Waals surface area contributed by atoms with Crippen LogP contribution < -0.4 is 14.8 Å². The lowest BCUT2D eigenvalue weighted by Gasteiger charge is -2.27. The number of hydrogen-bond acceptors (Lipinski definition) is 4. The fourth-order valence-corrected chi connectivity index (χ4v) is 3.80. The number of fused-ring (bicyclic) bond motifs is 1. The van der Waals surface area contributed by atoms with E-state index in [-0.39, 0.29) is 0 Å². The molecule has 2 fully saturated rings. The van der Waals surface area contributed by atoms with Gasteiger partial charge in [0.2, 0.25) is 0 Å². The van der Waals surface area contributed by atoms with E-state index in [1.807, 2.05) is 0 Å². The van der Waals surface area contributed by atoms with Crippen LogP contribution in [0.5, 0.6) is 11.5 Å². The van der Waals surface area contributed by atoms with Gasteiger partial charge in [-0.25, -0.2) is 0 Å². The lowest BCUT2D eigenvalue weighted by molar-refractivity contribution is 0.196. The van der Waals surface area contributed by atoms with Gasteiger partial charge in [-0.3, -0.25) is 0 Å². The van der Waals surface area contributed by atoms with Gasteiger partial charge < -0.3 is 19.7 Å². The van der Waals surface area contributed by atoms with Crippen LogP contribution in [0, 0.1) is 5.41 Å². The van der Waals surface area contributed by atoms with E-state index in [1.165, 1.54) is 18.4 Å². The Labute approximate surface area is 140 Å². The van der Waals surface area contributed by atoms with Crippen LogP contribution in [0.3, 0.4) is 0 Å². The number of nitrogens with zero attached hydrogens (tertiary/aromatic N) is 1. The molecule has 0 atom stereocenters. The molecular weight excluding hydrogens is 344 g/mol. The summed E-state index contributed by atoms with van der Waals surface area (Å²) in [5.74, 6) is 1.79. The smallest absolute Gasteiger partial charge is 0.175 e. The Hall–Kier alpha value is -0.780. The SMILES string of the molecule is Brc1cc(CCN2CCNCC2)cc2c1OCC1(CC1)CO2. The van der Waals surface area contributed by atoms with Crippen molar-refractivity contribution in [2.24, 2.45) is 5.41 Å². The number of piperazine rings is 1. The van der Waals surface area contributed by atoms with Crippen molar-refractivity contribution in [3.8, 4) is 11.5 Å². The van der Waals surface area contributed by atoms with Crippen LogP contribution in [0.15, 0.2) is 16.6 Å². The normalized spacial score (nSPS) is 23.3. The summed E-state index contributed by atoms with van der Waals surface area (Å²) in [6, 6.07) is 4.36. The molecule has 1 spiro atoms. The highest BCUT2D eigenvalue weighted by atomic mass is 79.9. The zero-order chi connectivity index (χ0) is 15.0. The van der Waals surface area contributed by atoms with Crippen molar-refractivity contribution in [3.63, 3.8) is 0 Å². The molecule has 1 saturated heterocycles. The highest BCUT2D eigenvalue weighted by Crippen LogP contribution is 2.50. The first-order valence-electron chi connectivity index (χ1n) is 8.25. The summed E-state index contributed by atoms with van der Waals surface area (Å²) >= 11 is 3.66. The Morgan fingerprint density at radius 2 is 1.91 bits per heavy atom. The number of rotatable bonds is 3. The average molecular weight is 367 g/mol. The molecule has 1 aromatic carbocycles. The Balaban J connectivity index is 1.45. The quantitative estimate of drug-likeness (QED) is 0.890. The van der Waals surface area contributed by atoms with Crippen molar-refractivity contribution in [3.05, 3.63) is 22.2 Å². The van der Waals surface area contributed by atoms with Crippen LogP contribution in [0.2, 0.25) is 0 Å². The van der Waals surface area contributed by atoms with E-state index in [0.717, 1.165) is 68.3 Å². The molecule has 0 amide bonds. The first kappa shape index (κ1) is 14.8. The lowest BCUT2D eigenvalue weighted by Crippen LogP contribution is -2.44. The molecule has 1 aliphatic carbocycles. The van der Waals surface area contributed by atoms with Gasteiger partial charge in [0.1, 0.15) is 0 Å². The Kier molecular flexibility index (Phi) is 4.05. The Bertz CT molecular complexity index is 554. The summed E-state index contributed by atoms with van der Waals surface area (Å²) in [7, 11) is 0. The van der Waals surface area contributed by atoms with Gasteiger partial charge in [0, 0.05) is 38.1 Å². The zero-order valence-corrected chi connectivity index (χ0v) is 14.5. The van der Waals surface area contributed by atoms with Crippen molar-refractivity contribution in [1.29, 1.82) is 0 Å². The van der Waals surface area contributed by atoms with Crippen molar-refractivity contribution in [2.75, 3.05) is 45.9 Å². The molecule has 120 valence electrons. The monoisotopic (exact) mass is 366 g/mol. The van der Waals surface area contributed by atoms with Crippen molar-refractivity contribution in [2.45, 2.75) is 19.3 Å². The van der Waals surface area contributed by atoms with Crippen molar-refractivity contribution < 1.29 is 9.47 Å². The third-order valence-electron chi connectivity index (χ3n) is 5.01. The molecule has 4 nitrogen and oxygen atoms in total. The van der Waals surface area contributed by atoms with E-state index in [0.29, 0.717) is 5.41 Å². The van der Waals surface area contributed by atoms with Crippen LogP contribution in [0.1, 0.15) is 18.4 Å². The molecule has 1 saturated carbocycles. The highest BCUT2D eigenvalue weighted by molar-refractivity contribution is 9.10. The number of halogens is 1. The number of hydrogen-bond donors (Lipinski definition) is 1. The molecule has 22 heavy (non-hydrogen) atoms. The van der Waals surface area contributed by atoms with Gasteiger partial charge in [-0.2, -0.15) is 0 Å². The Morgan fingerprint density at radius 1 is 1.14 bits per heavy atom. The van der Waals surface area contributed by atoms with Crippen LogP contribution in [-0.2, 0) is 6.42 Å². The third kappa shape index (κ3) is 3.12. The van der Waals surface area contributed by atoms with E-state index in [4.69, 9.17) is 9.47 Å². The summed E-state index contributed by atoms with van der Waals surface area (Å²) in [5, 5.41) is 3.40. The molecule has 0 radical (unpaired) electrons. The lowest BCUT2D eigenvalue weighted by atomic mass is 10.1. The van der Waals surface area contributed by atoms with E-state index >= 15 is 0 Å². The summed E-state index contributed by atoms with van der Waals surface area (Å²) in [5.41, 5.74) is 1.61. The van der Waals surface area contributed by atoms with Gasteiger partial charge in [-0.1, -0.05) is 0 Å². The number of ether oxygens (including phenoxy) is 2. The second-order valence-electron chi connectivity index (χ2n) is 6.82. The minimum Gasteiger partial charge on any atom is -0.489 e. The topological polar surface area (TPSA) is 33.7 Å². The maximum Gasteiger partial charge on any atom is 0.175 e. The average Bonchev–Trinajstić information content (AvgIpc) is 3.34. The third-order valence-corrected chi connectivity index (χ3v) is 5.60. The second kappa shape index (κ2) is 6.02. The molecule has 1 N–H and O–H groups in total. The Morgan fingerprint density at radius 3 is 2.68 bits per heavy atom. The summed E-state index contributed by atoms with van der Waals surface area (Å²) in [6.45, 7) is 7.20. The van der Waals surface area contributed by atoms with Gasteiger partial charge in [0.15, 0.2) is 11.5 Å². The highest BCUT2D eigenvalue weighted by Gasteiger charge is 2.46. The number of benzene rings is 1. The minimum atomic E-state index is 0.291. The minimum absolute atomic E-state index is 0.291. The molecule has 0 bridgehead atoms. The number of nitrogens with one attached hydrogen (secondary N) is 1. The maximum absolute atomic E-state index is 6.06. The predicted molar refractivity (Wildman–Crippen MR) is 89.8 cm³/mol. The molecule has 0 unspecified atom stereocenters. The molecule has 5 heteroatoms. The molecule has 2 aliphatic heterocycles. The second-order valence-corrected chi connectivity index (χ2v) is 7.68. The molecule has 1 aromatic rings. The van der Waals surface area contributed by atoms with Gasteiger partial charge in [0.25, 0.3) is 0 Å². The molecule has 3 aliphatic rings. The molecule has 2 heterocycles. The van der Waals surface area contributed by atoms with Gasteiger partial charge in [-0.15, -0.1) is 0 Å². The summed E-state index contributed by atoms with van der Waals surface area (Å²) in [4.78, 5) is 2.52. The van der Waals surface area contributed by atoms with Gasteiger partial charge in [0.05, 0.1) is 17.7 Å². The van der Waals surface area contributed by atoms with Gasteiger partial charge >= 0.3 is 0 Å². The van der Waals surface area contributed by atoms with Crippen LogP contribution >= 0.6 is 15.9 Å². The van der Waals surface area contributed by atoms with Crippen LogP contribution in [0.25, 0.3) is 0 Å². The van der Waals surface area contributed by atoms with Crippen LogP contribution in [-0.4, -0.2) is 50.8 Å². The first-order chi connectivity index (χ1) is 10.7. The summed E-state index contributed by atoms with van der Waals surface area (Å²) < 4.78 is 13.1. The van der Waals surface area contributed by atoms with E-state index in [1.54, 1.807) is 0 Å². The fourth-order valence-electron chi connectivity index (χ4n) is 3.20. The van der Waals surface area contributed by atoms with Crippen molar-refractivity contribution >= 4 is 15.9 Å². The largest absolute Gasteiger partial charge is 0.489 e. The predicted octanol–water partition coefficient (Wildman–Crippen LogP) is 2.45. The van der Waals surface area contributed by atoms with E-state index in [9.17, 15) is 0 Å². The fraction of sp³-hybridized carbons (Fsp3) is 0.647.